The Morgan fingerprint density at radius 3 is 0.733 bits per heavy atom. The van der Waals surface area contributed by atoms with Crippen LogP contribution in [0.1, 0.15) is 168 Å². The lowest BCUT2D eigenvalue weighted by molar-refractivity contribution is 0.547. The van der Waals surface area contributed by atoms with Gasteiger partial charge in [-0.05, 0) is 31.8 Å². The van der Waals surface area contributed by atoms with Gasteiger partial charge in [-0.25, -0.2) is 0 Å². The first-order chi connectivity index (χ1) is 14.8. The summed E-state index contributed by atoms with van der Waals surface area (Å²) in [6, 6.07) is 0. The normalized spacial score (nSPS) is 11.6. The largest absolute Gasteiger partial charge is 0.110 e. The molecule has 0 spiro atoms. The van der Waals surface area contributed by atoms with Gasteiger partial charge in [0.2, 0.25) is 0 Å². The van der Waals surface area contributed by atoms with Crippen molar-refractivity contribution in [3.05, 3.63) is 0 Å². The standard InChI is InChI=1S/C29H61P/c1-4-6-8-10-12-14-16-18-20-22-24-26-28-30(3)29-27-25-23-21-19-17-15-13-11-9-7-5-2/h4-29H2,1-3H3. The van der Waals surface area contributed by atoms with Gasteiger partial charge in [-0.3, -0.25) is 0 Å². The molecule has 0 heterocycles. The van der Waals surface area contributed by atoms with Gasteiger partial charge in [0, 0.05) is 0 Å². The fourth-order valence-electron chi connectivity index (χ4n) is 4.56. The van der Waals surface area contributed by atoms with Crippen molar-refractivity contribution >= 4 is 7.92 Å². The van der Waals surface area contributed by atoms with Crippen LogP contribution in [-0.2, 0) is 0 Å². The minimum atomic E-state index is 0.344. The van der Waals surface area contributed by atoms with Gasteiger partial charge in [0.25, 0.3) is 0 Å². The van der Waals surface area contributed by atoms with Gasteiger partial charge in [-0.2, -0.15) is 0 Å². The Kier molecular flexibility index (Phi) is 27.9. The Morgan fingerprint density at radius 2 is 0.500 bits per heavy atom. The highest BCUT2D eigenvalue weighted by Gasteiger charge is 2.01. The lowest BCUT2D eigenvalue weighted by Crippen LogP contribution is -1.91. The van der Waals surface area contributed by atoms with E-state index in [0.29, 0.717) is 7.92 Å². The van der Waals surface area contributed by atoms with Crippen molar-refractivity contribution in [1.29, 1.82) is 0 Å². The topological polar surface area (TPSA) is 0 Å². The highest BCUT2D eigenvalue weighted by Crippen LogP contribution is 2.33. The number of hydrogen-bond acceptors (Lipinski definition) is 0. The molecular formula is C29H61P. The van der Waals surface area contributed by atoms with Crippen LogP contribution in [0.4, 0.5) is 0 Å². The van der Waals surface area contributed by atoms with Gasteiger partial charge in [0.1, 0.15) is 0 Å². The molecular weight excluding hydrogens is 379 g/mol. The molecule has 0 unspecified atom stereocenters. The lowest BCUT2D eigenvalue weighted by atomic mass is 10.1. The summed E-state index contributed by atoms with van der Waals surface area (Å²) in [7, 11) is 0.344. The minimum absolute atomic E-state index is 0.344. The Balaban J connectivity index is 3.13. The van der Waals surface area contributed by atoms with Crippen molar-refractivity contribution < 1.29 is 0 Å². The summed E-state index contributed by atoms with van der Waals surface area (Å²) in [6.45, 7) is 7.18. The maximum Gasteiger partial charge on any atom is -0.0328 e. The van der Waals surface area contributed by atoms with E-state index in [4.69, 9.17) is 0 Å². The van der Waals surface area contributed by atoms with E-state index in [1.807, 2.05) is 0 Å². The van der Waals surface area contributed by atoms with Crippen molar-refractivity contribution in [3.63, 3.8) is 0 Å². The average Bonchev–Trinajstić information content (AvgIpc) is 2.75. The zero-order valence-corrected chi connectivity index (χ0v) is 22.7. The zero-order valence-electron chi connectivity index (χ0n) is 21.8. The molecule has 0 radical (unpaired) electrons. The van der Waals surface area contributed by atoms with E-state index in [0.717, 1.165) is 0 Å². The SMILES string of the molecule is CCCCCCCCCCCCCCP(C)CCCCCCCCCCCCCC. The third kappa shape index (κ3) is 26.5. The second-order valence-corrected chi connectivity index (χ2v) is 12.7. The van der Waals surface area contributed by atoms with Crippen LogP contribution >= 0.6 is 7.92 Å². The summed E-state index contributed by atoms with van der Waals surface area (Å²) in [5.41, 5.74) is 0. The van der Waals surface area contributed by atoms with Crippen molar-refractivity contribution in [2.45, 2.75) is 168 Å². The quantitative estimate of drug-likeness (QED) is 0.0926. The predicted octanol–water partition coefficient (Wildman–Crippen LogP) is 11.5. The first-order valence-electron chi connectivity index (χ1n) is 14.5. The molecule has 1 heteroatoms. The molecule has 0 nitrogen and oxygen atoms in total. The van der Waals surface area contributed by atoms with E-state index in [1.165, 1.54) is 154 Å². The van der Waals surface area contributed by atoms with Crippen LogP contribution < -0.4 is 0 Å². The van der Waals surface area contributed by atoms with Crippen LogP contribution in [0.3, 0.4) is 0 Å². The minimum Gasteiger partial charge on any atom is -0.110 e. The summed E-state index contributed by atoms with van der Waals surface area (Å²) in [4.78, 5) is 0. The summed E-state index contributed by atoms with van der Waals surface area (Å²) in [5, 5.41) is 0. The van der Waals surface area contributed by atoms with Crippen LogP contribution in [0.5, 0.6) is 0 Å². The molecule has 182 valence electrons. The van der Waals surface area contributed by atoms with Crippen molar-refractivity contribution in [1.82, 2.24) is 0 Å². The third-order valence-corrected chi connectivity index (χ3v) is 8.95. The summed E-state index contributed by atoms with van der Waals surface area (Å²) in [5.74, 6) is 0. The van der Waals surface area contributed by atoms with Gasteiger partial charge in [0.05, 0.1) is 0 Å². The average molecular weight is 441 g/mol. The van der Waals surface area contributed by atoms with E-state index < -0.39 is 0 Å². The number of hydrogen-bond donors (Lipinski definition) is 0. The van der Waals surface area contributed by atoms with Crippen LogP contribution in [0, 0.1) is 0 Å². The smallest absolute Gasteiger partial charge is 0.0328 e. The van der Waals surface area contributed by atoms with Crippen molar-refractivity contribution in [2.24, 2.45) is 0 Å². The van der Waals surface area contributed by atoms with Gasteiger partial charge >= 0.3 is 0 Å². The highest BCUT2D eigenvalue weighted by atomic mass is 31.1. The van der Waals surface area contributed by atoms with E-state index >= 15 is 0 Å². The van der Waals surface area contributed by atoms with E-state index in [1.54, 1.807) is 12.3 Å². The van der Waals surface area contributed by atoms with Crippen LogP contribution in [0.2, 0.25) is 0 Å². The third-order valence-electron chi connectivity index (χ3n) is 6.79. The number of rotatable bonds is 26. The molecule has 0 saturated carbocycles. The molecule has 0 rings (SSSR count). The molecule has 0 bridgehead atoms. The van der Waals surface area contributed by atoms with Gasteiger partial charge in [0.15, 0.2) is 0 Å². The Labute approximate surface area is 194 Å². The molecule has 30 heavy (non-hydrogen) atoms. The van der Waals surface area contributed by atoms with E-state index in [9.17, 15) is 0 Å². The molecule has 0 aromatic heterocycles. The summed E-state index contributed by atoms with van der Waals surface area (Å²) < 4.78 is 0. The monoisotopic (exact) mass is 440 g/mol. The highest BCUT2D eigenvalue weighted by molar-refractivity contribution is 7.56. The molecule has 0 amide bonds. The molecule has 0 aliphatic carbocycles. The maximum atomic E-state index is 2.56. The summed E-state index contributed by atoms with van der Waals surface area (Å²) >= 11 is 0. The molecule has 0 aromatic rings. The predicted molar refractivity (Wildman–Crippen MR) is 145 cm³/mol. The van der Waals surface area contributed by atoms with Crippen LogP contribution in [0.15, 0.2) is 0 Å². The first kappa shape index (κ1) is 30.4. The molecule has 0 aliphatic rings. The maximum absolute atomic E-state index is 2.56. The molecule has 0 fully saturated rings. The Morgan fingerprint density at radius 1 is 0.300 bits per heavy atom. The fraction of sp³-hybridized carbons (Fsp3) is 1.00. The molecule has 0 N–H and O–H groups in total. The van der Waals surface area contributed by atoms with Crippen molar-refractivity contribution in [3.8, 4) is 0 Å². The van der Waals surface area contributed by atoms with Crippen molar-refractivity contribution in [2.75, 3.05) is 19.0 Å². The zero-order chi connectivity index (χ0) is 22.0. The van der Waals surface area contributed by atoms with Gasteiger partial charge in [-0.15, -0.1) is 7.92 Å². The second-order valence-electron chi connectivity index (χ2n) is 10.1. The lowest BCUT2D eigenvalue weighted by Gasteiger charge is -2.12. The van der Waals surface area contributed by atoms with Crippen LogP contribution in [0.25, 0.3) is 0 Å². The van der Waals surface area contributed by atoms with E-state index in [-0.39, 0.29) is 0 Å². The van der Waals surface area contributed by atoms with Gasteiger partial charge < -0.3 is 0 Å². The Bertz CT molecular complexity index is 260. The van der Waals surface area contributed by atoms with Gasteiger partial charge in [-0.1, -0.05) is 155 Å². The second kappa shape index (κ2) is 27.5. The molecule has 0 aliphatic heterocycles. The molecule has 0 aromatic carbocycles. The number of unbranched alkanes of at least 4 members (excludes halogenated alkanes) is 22. The molecule has 0 atom stereocenters. The molecule has 0 saturated heterocycles. The Hall–Kier alpha value is 0.430. The summed E-state index contributed by atoms with van der Waals surface area (Å²) in [6.07, 6.45) is 38.6. The van der Waals surface area contributed by atoms with E-state index in [2.05, 4.69) is 20.5 Å². The van der Waals surface area contributed by atoms with Crippen LogP contribution in [-0.4, -0.2) is 19.0 Å². The fourth-order valence-corrected chi connectivity index (χ4v) is 6.31. The first-order valence-corrected chi connectivity index (χ1v) is 16.7.